The van der Waals surface area contributed by atoms with Crippen molar-refractivity contribution in [2.24, 2.45) is 0 Å². The lowest BCUT2D eigenvalue weighted by atomic mass is 10.2. The van der Waals surface area contributed by atoms with E-state index in [1.807, 2.05) is 5.32 Å². The van der Waals surface area contributed by atoms with Gasteiger partial charge in [0.1, 0.15) is 0 Å². The summed E-state index contributed by atoms with van der Waals surface area (Å²) in [6.45, 7) is 0. The van der Waals surface area contributed by atoms with Crippen molar-refractivity contribution >= 4 is 11.9 Å². The molecular formula is C12H9FN4O5. The molecule has 0 aliphatic rings. The average Bonchev–Trinajstić information content (AvgIpc) is 2.49. The number of halogens is 1. The number of pyridine rings is 1. The zero-order chi connectivity index (χ0) is 16.3. The molecule has 0 radical (unpaired) electrons. The lowest BCUT2D eigenvalue weighted by Gasteiger charge is -2.16. The van der Waals surface area contributed by atoms with E-state index in [2.05, 4.69) is 4.98 Å². The summed E-state index contributed by atoms with van der Waals surface area (Å²) in [6.07, 6.45) is 1.10. The molecule has 9 nitrogen and oxygen atoms in total. The van der Waals surface area contributed by atoms with Crippen molar-refractivity contribution < 1.29 is 19.1 Å². The van der Waals surface area contributed by atoms with E-state index in [9.17, 15) is 23.6 Å². The lowest BCUT2D eigenvalue weighted by Crippen LogP contribution is -2.44. The fourth-order valence-corrected chi connectivity index (χ4v) is 1.61. The summed E-state index contributed by atoms with van der Waals surface area (Å²) in [7, 11) is 0. The second-order valence-corrected chi connectivity index (χ2v) is 4.10. The van der Waals surface area contributed by atoms with Crippen molar-refractivity contribution in [3.05, 3.63) is 62.9 Å². The molecule has 2 aromatic rings. The lowest BCUT2D eigenvalue weighted by molar-refractivity contribution is -0.141. The highest BCUT2D eigenvalue weighted by atomic mass is 19.1. The number of nitrogens with one attached hydrogen (secondary N) is 2. The SMILES string of the molecule is O=C(N[C@H](C(=O)O)n1cc(F)c(=O)[nH]c1=O)c1cccnc1. The maximum Gasteiger partial charge on any atom is 0.347 e. The monoisotopic (exact) mass is 308 g/mol. The number of carboxylic acid groups (broad SMARTS) is 1. The molecule has 10 heteroatoms. The van der Waals surface area contributed by atoms with Gasteiger partial charge in [-0.05, 0) is 12.1 Å². The second-order valence-electron chi connectivity index (χ2n) is 4.10. The third-order valence-corrected chi connectivity index (χ3v) is 2.63. The summed E-state index contributed by atoms with van der Waals surface area (Å²) < 4.78 is 13.6. The van der Waals surface area contributed by atoms with Gasteiger partial charge in [0.2, 0.25) is 12.0 Å². The smallest absolute Gasteiger partial charge is 0.347 e. The van der Waals surface area contributed by atoms with Gasteiger partial charge in [-0.15, -0.1) is 0 Å². The van der Waals surface area contributed by atoms with Crippen molar-refractivity contribution in [1.29, 1.82) is 0 Å². The Morgan fingerprint density at radius 2 is 2.14 bits per heavy atom. The average molecular weight is 308 g/mol. The van der Waals surface area contributed by atoms with Gasteiger partial charge in [0.05, 0.1) is 11.8 Å². The third kappa shape index (κ3) is 3.06. The number of hydrogen-bond acceptors (Lipinski definition) is 5. The summed E-state index contributed by atoms with van der Waals surface area (Å²) in [4.78, 5) is 50.9. The summed E-state index contributed by atoms with van der Waals surface area (Å²) in [5.74, 6) is -3.81. The van der Waals surface area contributed by atoms with E-state index in [4.69, 9.17) is 5.11 Å². The largest absolute Gasteiger partial charge is 0.478 e. The molecule has 1 atom stereocenters. The molecule has 2 aromatic heterocycles. The standard InChI is InChI=1S/C12H9FN4O5/c13-7-5-17(12(22)16-10(7)19)8(11(20)21)15-9(18)6-2-1-3-14-4-6/h1-5,8H,(H,15,18)(H,20,21)(H,16,19,22)/t8-/m0/s1. The molecular weight excluding hydrogens is 299 g/mol. The van der Waals surface area contributed by atoms with Gasteiger partial charge in [0, 0.05) is 12.4 Å². The van der Waals surface area contributed by atoms with Crippen LogP contribution in [0.5, 0.6) is 0 Å². The number of aliphatic carboxylic acids is 1. The molecule has 0 unspecified atom stereocenters. The molecule has 2 rings (SSSR count). The quantitative estimate of drug-likeness (QED) is 0.669. The number of aromatic nitrogens is 3. The number of carbonyl (C=O) groups is 2. The van der Waals surface area contributed by atoms with Gasteiger partial charge in [0.15, 0.2) is 0 Å². The Hall–Kier alpha value is -3.30. The van der Waals surface area contributed by atoms with Crippen LogP contribution in [0.15, 0.2) is 40.3 Å². The minimum atomic E-state index is -1.90. The zero-order valence-electron chi connectivity index (χ0n) is 10.8. The number of amides is 1. The van der Waals surface area contributed by atoms with Gasteiger partial charge in [0.25, 0.3) is 11.5 Å². The third-order valence-electron chi connectivity index (χ3n) is 2.63. The van der Waals surface area contributed by atoms with E-state index in [1.165, 1.54) is 24.5 Å². The van der Waals surface area contributed by atoms with Gasteiger partial charge in [-0.25, -0.2) is 9.59 Å². The molecule has 0 aliphatic heterocycles. The first-order valence-corrected chi connectivity index (χ1v) is 5.85. The number of hydrogen-bond donors (Lipinski definition) is 3. The number of carboxylic acids is 1. The van der Waals surface area contributed by atoms with Gasteiger partial charge >= 0.3 is 11.7 Å². The van der Waals surface area contributed by atoms with Crippen LogP contribution >= 0.6 is 0 Å². The van der Waals surface area contributed by atoms with E-state index in [1.54, 1.807) is 4.98 Å². The minimum Gasteiger partial charge on any atom is -0.478 e. The molecule has 0 aromatic carbocycles. The molecule has 0 saturated carbocycles. The van der Waals surface area contributed by atoms with Crippen LogP contribution in [0.3, 0.4) is 0 Å². The van der Waals surface area contributed by atoms with Gasteiger partial charge in [-0.2, -0.15) is 4.39 Å². The van der Waals surface area contributed by atoms with Crippen molar-refractivity contribution in [3.63, 3.8) is 0 Å². The maximum atomic E-state index is 13.2. The fourth-order valence-electron chi connectivity index (χ4n) is 1.61. The summed E-state index contributed by atoms with van der Waals surface area (Å²) in [6, 6.07) is 2.83. The predicted molar refractivity (Wildman–Crippen MR) is 69.7 cm³/mol. The van der Waals surface area contributed by atoms with Gasteiger partial charge < -0.3 is 10.4 Å². The van der Waals surface area contributed by atoms with Crippen molar-refractivity contribution in [2.45, 2.75) is 6.17 Å². The molecule has 114 valence electrons. The van der Waals surface area contributed by atoms with Crippen molar-refractivity contribution in [1.82, 2.24) is 19.9 Å². The van der Waals surface area contributed by atoms with Crippen LogP contribution in [0.4, 0.5) is 4.39 Å². The van der Waals surface area contributed by atoms with E-state index in [0.717, 1.165) is 0 Å². The van der Waals surface area contributed by atoms with Crippen molar-refractivity contribution in [3.8, 4) is 0 Å². The molecule has 1 amide bonds. The predicted octanol–water partition coefficient (Wildman–Crippen LogP) is -0.916. The first kappa shape index (κ1) is 15.1. The number of carbonyl (C=O) groups excluding carboxylic acids is 1. The van der Waals surface area contributed by atoms with Gasteiger partial charge in [-0.3, -0.25) is 24.1 Å². The fraction of sp³-hybridized carbons (Fsp3) is 0.0833. The first-order valence-electron chi connectivity index (χ1n) is 5.85. The Morgan fingerprint density at radius 3 is 2.73 bits per heavy atom. The topological polar surface area (TPSA) is 134 Å². The van der Waals surface area contributed by atoms with Crippen LogP contribution in [0.25, 0.3) is 0 Å². The molecule has 0 saturated heterocycles. The highest BCUT2D eigenvalue weighted by molar-refractivity contribution is 5.95. The summed E-state index contributed by atoms with van der Waals surface area (Å²) in [5.41, 5.74) is -2.42. The van der Waals surface area contributed by atoms with Gasteiger partial charge in [-0.1, -0.05) is 0 Å². The molecule has 2 heterocycles. The summed E-state index contributed by atoms with van der Waals surface area (Å²) in [5, 5.41) is 11.1. The van der Waals surface area contributed by atoms with Crippen LogP contribution in [-0.2, 0) is 4.79 Å². The Balaban J connectivity index is 2.38. The molecule has 3 N–H and O–H groups in total. The Labute approximate surface area is 121 Å². The van der Waals surface area contributed by atoms with Crippen molar-refractivity contribution in [2.75, 3.05) is 0 Å². The second kappa shape index (κ2) is 5.99. The highest BCUT2D eigenvalue weighted by Gasteiger charge is 2.24. The first-order chi connectivity index (χ1) is 10.4. The number of rotatable bonds is 4. The number of H-pyrrole nitrogens is 1. The van der Waals surface area contributed by atoms with Crippen LogP contribution < -0.4 is 16.6 Å². The number of nitrogens with zero attached hydrogens (tertiary/aromatic N) is 2. The molecule has 0 aliphatic carbocycles. The molecule has 22 heavy (non-hydrogen) atoms. The minimum absolute atomic E-state index is 0.0479. The molecule has 0 fully saturated rings. The zero-order valence-corrected chi connectivity index (χ0v) is 10.8. The normalized spacial score (nSPS) is 11.7. The molecule has 0 spiro atoms. The Bertz CT molecular complexity index is 829. The summed E-state index contributed by atoms with van der Waals surface area (Å²) >= 11 is 0. The van der Waals surface area contributed by atoms with E-state index in [-0.39, 0.29) is 5.56 Å². The molecule has 0 bridgehead atoms. The van der Waals surface area contributed by atoms with Crippen LogP contribution in [0.2, 0.25) is 0 Å². The Morgan fingerprint density at radius 1 is 1.41 bits per heavy atom. The van der Waals surface area contributed by atoms with Crippen LogP contribution in [-0.4, -0.2) is 31.5 Å². The van der Waals surface area contributed by atoms with E-state index < -0.39 is 35.1 Å². The van der Waals surface area contributed by atoms with Crippen LogP contribution in [0.1, 0.15) is 16.5 Å². The number of aromatic amines is 1. The Kier molecular flexibility index (Phi) is 4.11. The van der Waals surface area contributed by atoms with Crippen LogP contribution in [0, 0.1) is 5.82 Å². The highest BCUT2D eigenvalue weighted by Crippen LogP contribution is 2.03. The van der Waals surface area contributed by atoms with E-state index >= 15 is 0 Å². The maximum absolute atomic E-state index is 13.2. The van der Waals surface area contributed by atoms with E-state index in [0.29, 0.717) is 10.8 Å².